The number of para-hydroxylation sites is 1. The molecule has 2 heterocycles. The summed E-state index contributed by atoms with van der Waals surface area (Å²) in [5.74, 6) is 0.567. The van der Waals surface area contributed by atoms with Crippen LogP contribution in [0.3, 0.4) is 0 Å². The summed E-state index contributed by atoms with van der Waals surface area (Å²) >= 11 is 12.5. The zero-order valence-electron chi connectivity index (χ0n) is 20.7. The number of morpholine rings is 1. The third kappa shape index (κ3) is 5.48. The van der Waals surface area contributed by atoms with Crippen molar-refractivity contribution in [2.45, 2.75) is 13.1 Å². The van der Waals surface area contributed by atoms with Crippen LogP contribution in [-0.2, 0) is 14.3 Å². The third-order valence-electron chi connectivity index (χ3n) is 6.33. The number of benzene rings is 3. The second-order valence-corrected chi connectivity index (χ2v) is 9.67. The van der Waals surface area contributed by atoms with Crippen molar-refractivity contribution in [3.05, 3.63) is 88.4 Å². The van der Waals surface area contributed by atoms with Crippen LogP contribution in [0, 0.1) is 0 Å². The summed E-state index contributed by atoms with van der Waals surface area (Å²) in [7, 11) is 0. The van der Waals surface area contributed by atoms with Crippen LogP contribution in [0.2, 0.25) is 10.0 Å². The molecule has 0 saturated carbocycles. The summed E-state index contributed by atoms with van der Waals surface area (Å²) < 4.78 is 11.1. The van der Waals surface area contributed by atoms with Crippen LogP contribution < -0.4 is 14.6 Å². The molecule has 0 bridgehead atoms. The van der Waals surface area contributed by atoms with E-state index in [1.807, 2.05) is 65.6 Å². The molecule has 2 aliphatic heterocycles. The van der Waals surface area contributed by atoms with Gasteiger partial charge in [0.1, 0.15) is 5.75 Å². The molecule has 3 aromatic rings. The molecule has 0 spiro atoms. The number of ketones is 1. The maximum Gasteiger partial charge on any atom is 0.260 e. The molecular weight excluding hydrogens is 527 g/mol. The van der Waals surface area contributed by atoms with E-state index in [2.05, 4.69) is 0 Å². The number of Topliss-reactive ketones (excluding diaryl/α,β-unsaturated/α-hetero) is 1. The van der Waals surface area contributed by atoms with Gasteiger partial charge in [-0.3, -0.25) is 14.5 Å². The van der Waals surface area contributed by atoms with Gasteiger partial charge in [-0.05, 0) is 48.0 Å². The Balaban J connectivity index is 1.45. The van der Waals surface area contributed by atoms with E-state index in [0.717, 1.165) is 11.3 Å². The molecule has 38 heavy (non-hydrogen) atoms. The predicted molar refractivity (Wildman–Crippen MR) is 148 cm³/mol. The number of nitrogens with zero attached hydrogens (tertiary/aromatic N) is 4. The number of amides is 1. The van der Waals surface area contributed by atoms with Crippen LogP contribution >= 0.6 is 23.2 Å². The highest BCUT2D eigenvalue weighted by atomic mass is 35.5. The smallest absolute Gasteiger partial charge is 0.260 e. The molecule has 1 amide bonds. The van der Waals surface area contributed by atoms with Crippen molar-refractivity contribution in [3.8, 4) is 5.75 Å². The average Bonchev–Trinajstić information content (AvgIpc) is 3.35. The van der Waals surface area contributed by atoms with Gasteiger partial charge in [-0.2, -0.15) is 0 Å². The Morgan fingerprint density at radius 1 is 0.947 bits per heavy atom. The van der Waals surface area contributed by atoms with E-state index in [-0.39, 0.29) is 24.1 Å². The molecule has 5 rings (SSSR count). The molecule has 1 atom stereocenters. The number of rotatable bonds is 7. The quantitative estimate of drug-likeness (QED) is 0.403. The van der Waals surface area contributed by atoms with Crippen LogP contribution in [-0.4, -0.2) is 55.3 Å². The minimum absolute atomic E-state index is 0.0497. The Hall–Kier alpha value is -3.59. The van der Waals surface area contributed by atoms with Crippen molar-refractivity contribution in [1.29, 1.82) is 0 Å². The zero-order chi connectivity index (χ0) is 26.6. The highest BCUT2D eigenvalue weighted by Gasteiger charge is 2.39. The van der Waals surface area contributed by atoms with Gasteiger partial charge in [0.15, 0.2) is 24.4 Å². The van der Waals surface area contributed by atoms with Gasteiger partial charge in [-0.15, -0.1) is 5.10 Å². The van der Waals surface area contributed by atoms with Gasteiger partial charge in [-0.1, -0.05) is 53.5 Å². The first-order chi connectivity index (χ1) is 18.4. The highest BCUT2D eigenvalue weighted by molar-refractivity contribution is 6.45. The number of amidine groups is 1. The molecule has 8 nitrogen and oxygen atoms in total. The van der Waals surface area contributed by atoms with Crippen molar-refractivity contribution in [3.63, 3.8) is 0 Å². The van der Waals surface area contributed by atoms with Gasteiger partial charge >= 0.3 is 0 Å². The molecule has 10 heteroatoms. The van der Waals surface area contributed by atoms with Crippen LogP contribution in [0.4, 0.5) is 11.4 Å². The summed E-state index contributed by atoms with van der Waals surface area (Å²) in [5.41, 5.74) is 2.34. The number of anilines is 2. The lowest BCUT2D eigenvalue weighted by atomic mass is 10.1. The van der Waals surface area contributed by atoms with E-state index >= 15 is 0 Å². The van der Waals surface area contributed by atoms with Crippen LogP contribution in [0.15, 0.2) is 77.9 Å². The molecule has 2 aliphatic rings. The molecular formula is C28H26Cl2N4O4. The van der Waals surface area contributed by atoms with E-state index in [4.69, 9.17) is 37.8 Å². The fourth-order valence-electron chi connectivity index (χ4n) is 4.42. The number of hydrogen-bond donors (Lipinski definition) is 0. The minimum Gasteiger partial charge on any atom is -0.484 e. The molecule has 0 N–H and O–H groups in total. The van der Waals surface area contributed by atoms with Gasteiger partial charge in [-0.25, -0.2) is 5.01 Å². The molecule has 196 valence electrons. The van der Waals surface area contributed by atoms with Crippen molar-refractivity contribution in [2.75, 3.05) is 42.8 Å². The van der Waals surface area contributed by atoms with E-state index in [0.29, 0.717) is 47.8 Å². The molecule has 0 aromatic heterocycles. The summed E-state index contributed by atoms with van der Waals surface area (Å²) in [4.78, 5) is 28.8. The average molecular weight is 553 g/mol. The standard InChI is InChI=1S/C28H26Cl2N4O4/c1-19(35)27-31-34(21-5-3-2-4-6-21)28(33(27)22-9-12-24(29)25(30)17-22)20-7-10-23(11-8-20)38-18-26(36)32-13-15-37-16-14-32/h2-12,17,28H,13-16,18H2,1H3/t28-/m0/s1. The normalized spacial score (nSPS) is 17.4. The van der Waals surface area contributed by atoms with Crippen molar-refractivity contribution >= 4 is 52.1 Å². The van der Waals surface area contributed by atoms with Gasteiger partial charge in [0.2, 0.25) is 0 Å². The molecule has 3 aromatic carbocycles. The van der Waals surface area contributed by atoms with E-state index < -0.39 is 6.17 Å². The second kappa shape index (κ2) is 11.4. The molecule has 0 radical (unpaired) electrons. The summed E-state index contributed by atoms with van der Waals surface area (Å²) in [6.07, 6.45) is -0.488. The van der Waals surface area contributed by atoms with Gasteiger partial charge in [0, 0.05) is 25.7 Å². The molecule has 0 aliphatic carbocycles. The minimum atomic E-state index is -0.488. The second-order valence-electron chi connectivity index (χ2n) is 8.85. The fourth-order valence-corrected chi connectivity index (χ4v) is 4.72. The SMILES string of the molecule is CC(=O)C1=NN(c2ccccc2)[C@@H](c2ccc(OCC(=O)N3CCOCC3)cc2)N1c1ccc(Cl)c(Cl)c1. The molecule has 1 fully saturated rings. The fraction of sp³-hybridized carbons (Fsp3) is 0.250. The topological polar surface area (TPSA) is 74.7 Å². The maximum atomic E-state index is 12.7. The lowest BCUT2D eigenvalue weighted by Crippen LogP contribution is -2.42. The first kappa shape index (κ1) is 26.0. The van der Waals surface area contributed by atoms with Crippen molar-refractivity contribution < 1.29 is 19.1 Å². The van der Waals surface area contributed by atoms with Gasteiger partial charge < -0.3 is 14.4 Å². The van der Waals surface area contributed by atoms with Gasteiger partial charge in [0.25, 0.3) is 5.91 Å². The Labute approximate surface area is 230 Å². The number of hydrazone groups is 1. The number of ether oxygens (including phenoxy) is 2. The Morgan fingerprint density at radius 3 is 2.32 bits per heavy atom. The Morgan fingerprint density at radius 2 is 1.66 bits per heavy atom. The first-order valence-corrected chi connectivity index (χ1v) is 12.9. The first-order valence-electron chi connectivity index (χ1n) is 12.2. The number of hydrogen-bond acceptors (Lipinski definition) is 7. The Bertz CT molecular complexity index is 1340. The summed E-state index contributed by atoms with van der Waals surface area (Å²) in [6, 6.07) is 22.3. The predicted octanol–water partition coefficient (Wildman–Crippen LogP) is 5.16. The lowest BCUT2D eigenvalue weighted by Gasteiger charge is -2.32. The lowest BCUT2D eigenvalue weighted by molar-refractivity contribution is -0.137. The van der Waals surface area contributed by atoms with Gasteiger partial charge in [0.05, 0.1) is 28.9 Å². The van der Waals surface area contributed by atoms with E-state index in [1.54, 1.807) is 22.0 Å². The number of carbonyl (C=O) groups excluding carboxylic acids is 2. The summed E-state index contributed by atoms with van der Waals surface area (Å²) in [6.45, 7) is 3.66. The van der Waals surface area contributed by atoms with Crippen molar-refractivity contribution in [2.24, 2.45) is 5.10 Å². The Kier molecular flexibility index (Phi) is 7.83. The van der Waals surface area contributed by atoms with Crippen LogP contribution in [0.25, 0.3) is 0 Å². The van der Waals surface area contributed by atoms with E-state index in [9.17, 15) is 9.59 Å². The number of halogens is 2. The zero-order valence-corrected chi connectivity index (χ0v) is 22.2. The molecule has 0 unspecified atom stereocenters. The molecule has 1 saturated heterocycles. The van der Waals surface area contributed by atoms with Crippen LogP contribution in [0.1, 0.15) is 18.7 Å². The number of carbonyl (C=O) groups is 2. The van der Waals surface area contributed by atoms with Crippen molar-refractivity contribution in [1.82, 2.24) is 4.90 Å². The van der Waals surface area contributed by atoms with Crippen LogP contribution in [0.5, 0.6) is 5.75 Å². The largest absolute Gasteiger partial charge is 0.484 e. The summed E-state index contributed by atoms with van der Waals surface area (Å²) in [5, 5.41) is 7.31. The highest BCUT2D eigenvalue weighted by Crippen LogP contribution is 2.40. The monoisotopic (exact) mass is 552 g/mol. The third-order valence-corrected chi connectivity index (χ3v) is 7.07. The van der Waals surface area contributed by atoms with E-state index in [1.165, 1.54) is 6.92 Å². The maximum absolute atomic E-state index is 12.7.